The molecule has 0 saturated carbocycles. The summed E-state index contributed by atoms with van der Waals surface area (Å²) < 4.78 is 58.1. The van der Waals surface area contributed by atoms with Gasteiger partial charge in [0.1, 0.15) is 5.75 Å². The Hall–Kier alpha value is -3.05. The molecule has 2 N–H and O–H groups in total. The van der Waals surface area contributed by atoms with Gasteiger partial charge in [0, 0.05) is 29.8 Å². The Morgan fingerprint density at radius 2 is 1.87 bits per heavy atom. The van der Waals surface area contributed by atoms with Crippen LogP contribution in [-0.2, 0) is 14.8 Å². The van der Waals surface area contributed by atoms with Gasteiger partial charge in [0.05, 0.1) is 11.5 Å². The highest BCUT2D eigenvalue weighted by atomic mass is 32.2. The Balaban J connectivity index is 1.45. The maximum absolute atomic E-state index is 13.1. The van der Waals surface area contributed by atoms with Crippen LogP contribution in [0.3, 0.4) is 0 Å². The number of amides is 1. The van der Waals surface area contributed by atoms with Crippen molar-refractivity contribution >= 4 is 38.1 Å². The third-order valence-electron chi connectivity index (χ3n) is 3.81. The molecule has 0 radical (unpaired) electrons. The van der Waals surface area contributed by atoms with Crippen LogP contribution in [0.4, 0.5) is 19.6 Å². The molecule has 0 bridgehead atoms. The Morgan fingerprint density at radius 1 is 1.10 bits per heavy atom. The van der Waals surface area contributed by atoms with Gasteiger partial charge in [-0.2, -0.15) is 0 Å². The summed E-state index contributed by atoms with van der Waals surface area (Å²) in [5.74, 6) is -2.07. The lowest BCUT2D eigenvalue weighted by molar-refractivity contribution is -0.116. The topological polar surface area (TPSA) is 97.4 Å². The Bertz CT molecular complexity index is 1110. The maximum Gasteiger partial charge on any atom is 0.263 e. The number of rotatable bonds is 9. The van der Waals surface area contributed by atoms with Gasteiger partial charge in [-0.1, -0.05) is 0 Å². The molecule has 3 rings (SSSR count). The van der Waals surface area contributed by atoms with Gasteiger partial charge >= 0.3 is 0 Å². The Kier molecular flexibility index (Phi) is 6.95. The zero-order chi connectivity index (χ0) is 21.6. The molecule has 0 unspecified atom stereocenters. The van der Waals surface area contributed by atoms with E-state index in [1.807, 2.05) is 0 Å². The van der Waals surface area contributed by atoms with Crippen LogP contribution in [-0.4, -0.2) is 25.9 Å². The average molecular weight is 453 g/mol. The van der Waals surface area contributed by atoms with E-state index >= 15 is 0 Å². The number of anilines is 2. The standard InChI is InChI=1S/C19H17F2N3O4S2/c20-16-8-5-14(12-17(16)21)28-10-1-2-18(25)23-13-3-6-15(7-4-13)30(26,27)24-19-22-9-11-29-19/h3-9,11-12H,1-2,10H2,(H,22,24)(H,23,25). The highest BCUT2D eigenvalue weighted by molar-refractivity contribution is 7.93. The van der Waals surface area contributed by atoms with Crippen molar-refractivity contribution in [3.05, 3.63) is 65.7 Å². The van der Waals surface area contributed by atoms with Crippen molar-refractivity contribution in [3.8, 4) is 5.75 Å². The molecule has 1 aromatic heterocycles. The van der Waals surface area contributed by atoms with Crippen molar-refractivity contribution < 1.29 is 26.7 Å². The summed E-state index contributed by atoms with van der Waals surface area (Å²) in [5.41, 5.74) is 0.440. The SMILES string of the molecule is O=C(CCCOc1ccc(F)c(F)c1)Nc1ccc(S(=O)(=O)Nc2nccs2)cc1. The lowest BCUT2D eigenvalue weighted by atomic mass is 10.2. The third-order valence-corrected chi connectivity index (χ3v) is 5.98. The molecule has 1 heterocycles. The fourth-order valence-electron chi connectivity index (χ4n) is 2.38. The lowest BCUT2D eigenvalue weighted by Gasteiger charge is -2.09. The van der Waals surface area contributed by atoms with Crippen molar-refractivity contribution in [1.29, 1.82) is 0 Å². The van der Waals surface area contributed by atoms with Gasteiger partial charge < -0.3 is 10.1 Å². The second-order valence-corrected chi connectivity index (χ2v) is 8.62. The van der Waals surface area contributed by atoms with E-state index in [1.165, 1.54) is 36.5 Å². The van der Waals surface area contributed by atoms with E-state index in [9.17, 15) is 22.0 Å². The first-order valence-electron chi connectivity index (χ1n) is 8.73. The van der Waals surface area contributed by atoms with E-state index in [2.05, 4.69) is 15.0 Å². The summed E-state index contributed by atoms with van der Waals surface area (Å²) >= 11 is 1.16. The van der Waals surface area contributed by atoms with Crippen molar-refractivity contribution in [2.45, 2.75) is 17.7 Å². The Morgan fingerprint density at radius 3 is 2.53 bits per heavy atom. The zero-order valence-electron chi connectivity index (χ0n) is 15.5. The van der Waals surface area contributed by atoms with Crippen molar-refractivity contribution in [3.63, 3.8) is 0 Å². The van der Waals surface area contributed by atoms with E-state index < -0.39 is 21.7 Å². The molecule has 0 aliphatic rings. The quantitative estimate of drug-likeness (QED) is 0.477. The number of benzene rings is 2. The average Bonchev–Trinajstić information content (AvgIpc) is 3.20. The molecule has 3 aromatic rings. The van der Waals surface area contributed by atoms with Crippen LogP contribution < -0.4 is 14.8 Å². The minimum Gasteiger partial charge on any atom is -0.493 e. The fraction of sp³-hybridized carbons (Fsp3) is 0.158. The summed E-state index contributed by atoms with van der Waals surface area (Å²) in [6, 6.07) is 8.91. The van der Waals surface area contributed by atoms with Crippen LogP contribution in [0.15, 0.2) is 58.9 Å². The van der Waals surface area contributed by atoms with Gasteiger partial charge in [-0.15, -0.1) is 11.3 Å². The Labute approximate surface area is 175 Å². The number of halogens is 2. The molecule has 30 heavy (non-hydrogen) atoms. The van der Waals surface area contributed by atoms with Gasteiger partial charge in [-0.05, 0) is 42.8 Å². The van der Waals surface area contributed by atoms with E-state index in [-0.39, 0.29) is 34.7 Å². The number of thiazole rings is 1. The number of ether oxygens (including phenoxy) is 1. The molecule has 1 amide bonds. The van der Waals surface area contributed by atoms with Crippen LogP contribution in [0.25, 0.3) is 0 Å². The number of carbonyl (C=O) groups excluding carboxylic acids is 1. The second kappa shape index (κ2) is 9.63. The number of aromatic nitrogens is 1. The summed E-state index contributed by atoms with van der Waals surface area (Å²) in [4.78, 5) is 15.9. The second-order valence-electron chi connectivity index (χ2n) is 6.04. The molecule has 0 saturated heterocycles. The van der Waals surface area contributed by atoms with Gasteiger partial charge in [0.15, 0.2) is 16.8 Å². The maximum atomic E-state index is 13.1. The third kappa shape index (κ3) is 5.97. The van der Waals surface area contributed by atoms with Gasteiger partial charge in [-0.25, -0.2) is 22.2 Å². The predicted molar refractivity (Wildman–Crippen MR) is 109 cm³/mol. The van der Waals surface area contributed by atoms with E-state index in [1.54, 1.807) is 5.38 Å². The molecule has 11 heteroatoms. The van der Waals surface area contributed by atoms with E-state index in [4.69, 9.17) is 4.74 Å². The molecule has 2 aromatic carbocycles. The molecule has 0 atom stereocenters. The monoisotopic (exact) mass is 453 g/mol. The summed E-state index contributed by atoms with van der Waals surface area (Å²) in [7, 11) is -3.76. The summed E-state index contributed by atoms with van der Waals surface area (Å²) in [6.07, 6.45) is 1.98. The van der Waals surface area contributed by atoms with Gasteiger partial charge in [0.2, 0.25) is 5.91 Å². The van der Waals surface area contributed by atoms with Gasteiger partial charge in [-0.3, -0.25) is 9.52 Å². The van der Waals surface area contributed by atoms with Crippen molar-refractivity contribution in [2.75, 3.05) is 16.6 Å². The molecule has 158 valence electrons. The molecular formula is C19H17F2N3O4S2. The molecule has 0 aliphatic carbocycles. The molecule has 0 fully saturated rings. The number of hydrogen-bond acceptors (Lipinski definition) is 6. The first-order valence-corrected chi connectivity index (χ1v) is 11.1. The first-order chi connectivity index (χ1) is 14.3. The summed E-state index contributed by atoms with van der Waals surface area (Å²) in [6.45, 7) is 0.151. The molecule has 7 nitrogen and oxygen atoms in total. The summed E-state index contributed by atoms with van der Waals surface area (Å²) in [5, 5.41) is 4.57. The number of nitrogens with one attached hydrogen (secondary N) is 2. The minimum atomic E-state index is -3.76. The predicted octanol–water partition coefficient (Wildman–Crippen LogP) is 4.02. The fourth-order valence-corrected chi connectivity index (χ4v) is 4.17. The molecule has 0 spiro atoms. The lowest BCUT2D eigenvalue weighted by Crippen LogP contribution is -2.14. The van der Waals surface area contributed by atoms with Crippen LogP contribution in [0.1, 0.15) is 12.8 Å². The van der Waals surface area contributed by atoms with Gasteiger partial charge in [0.25, 0.3) is 10.0 Å². The molecule has 0 aliphatic heterocycles. The number of sulfonamides is 1. The van der Waals surface area contributed by atoms with Crippen LogP contribution >= 0.6 is 11.3 Å². The smallest absolute Gasteiger partial charge is 0.263 e. The molecular weight excluding hydrogens is 436 g/mol. The normalized spacial score (nSPS) is 11.1. The van der Waals surface area contributed by atoms with E-state index in [0.717, 1.165) is 23.5 Å². The minimum absolute atomic E-state index is 0.0376. The highest BCUT2D eigenvalue weighted by Gasteiger charge is 2.15. The van der Waals surface area contributed by atoms with Crippen LogP contribution in [0.5, 0.6) is 5.75 Å². The van der Waals surface area contributed by atoms with Crippen molar-refractivity contribution in [1.82, 2.24) is 4.98 Å². The van der Waals surface area contributed by atoms with Crippen molar-refractivity contribution in [2.24, 2.45) is 0 Å². The number of carbonyl (C=O) groups is 1. The van der Waals surface area contributed by atoms with Crippen LogP contribution in [0.2, 0.25) is 0 Å². The van der Waals surface area contributed by atoms with E-state index in [0.29, 0.717) is 12.1 Å². The highest BCUT2D eigenvalue weighted by Crippen LogP contribution is 2.20. The van der Waals surface area contributed by atoms with Crippen LogP contribution in [0, 0.1) is 11.6 Å². The first kappa shape index (κ1) is 21.7. The zero-order valence-corrected chi connectivity index (χ0v) is 17.1. The number of hydrogen-bond donors (Lipinski definition) is 2. The largest absolute Gasteiger partial charge is 0.493 e. The number of nitrogens with zero attached hydrogens (tertiary/aromatic N) is 1.